The van der Waals surface area contributed by atoms with E-state index in [2.05, 4.69) is 27.5 Å². The van der Waals surface area contributed by atoms with E-state index in [1.165, 1.54) is 0 Å². The molecule has 2 amide bonds. The maximum Gasteiger partial charge on any atom is 0.255 e. The molecule has 0 bridgehead atoms. The standard InChI is InChI=1S/C34H36N4O4/c1-37-19-6-20-38(22-21-37)28-13-9-26(10-14-28)33(39)35-31-18-17-30(42-24-25-7-4-3-5-8-25)23-32(31)36-34(40)27-11-15-29(41-2)16-12-27/h3-5,7-18,23H,6,19-22,24H2,1-2H3,(H,35,39)(H,36,40). The van der Waals surface area contributed by atoms with Gasteiger partial charge in [0.15, 0.2) is 0 Å². The van der Waals surface area contributed by atoms with Crippen LogP contribution in [0.2, 0.25) is 0 Å². The summed E-state index contributed by atoms with van der Waals surface area (Å²) in [6.07, 6.45) is 1.11. The fourth-order valence-corrected chi connectivity index (χ4v) is 4.83. The Morgan fingerprint density at radius 3 is 2.05 bits per heavy atom. The predicted octanol–water partition coefficient (Wildman–Crippen LogP) is 5.92. The molecule has 0 spiro atoms. The molecule has 1 fully saturated rings. The summed E-state index contributed by atoms with van der Waals surface area (Å²) in [6.45, 7) is 4.42. The number of amides is 2. The zero-order valence-electron chi connectivity index (χ0n) is 24.0. The average molecular weight is 565 g/mol. The van der Waals surface area contributed by atoms with Crippen molar-refractivity contribution in [3.8, 4) is 11.5 Å². The fourth-order valence-electron chi connectivity index (χ4n) is 4.83. The SMILES string of the molecule is COc1ccc(C(=O)Nc2cc(OCc3ccccc3)ccc2NC(=O)c2ccc(N3CCCN(C)CC3)cc2)cc1. The van der Waals surface area contributed by atoms with E-state index in [4.69, 9.17) is 9.47 Å². The Balaban J connectivity index is 1.33. The molecule has 0 unspecified atom stereocenters. The Bertz CT molecular complexity index is 1490. The number of rotatable bonds is 9. The number of anilines is 3. The van der Waals surface area contributed by atoms with Crippen molar-refractivity contribution < 1.29 is 19.1 Å². The maximum absolute atomic E-state index is 13.3. The molecular weight excluding hydrogens is 528 g/mol. The third kappa shape index (κ3) is 7.47. The van der Waals surface area contributed by atoms with E-state index >= 15 is 0 Å². The third-order valence-corrected chi connectivity index (χ3v) is 7.30. The summed E-state index contributed by atoms with van der Waals surface area (Å²) in [5.41, 5.74) is 4.01. The van der Waals surface area contributed by atoms with Gasteiger partial charge >= 0.3 is 0 Å². The Hall–Kier alpha value is -4.82. The second-order valence-corrected chi connectivity index (χ2v) is 10.3. The molecule has 0 saturated carbocycles. The molecular formula is C34H36N4O4. The van der Waals surface area contributed by atoms with Gasteiger partial charge < -0.3 is 29.9 Å². The first-order valence-corrected chi connectivity index (χ1v) is 14.1. The number of likely N-dealkylation sites (N-methyl/N-ethyl adjacent to an activating group) is 1. The number of hydrogen-bond donors (Lipinski definition) is 2. The van der Waals surface area contributed by atoms with Gasteiger partial charge in [-0.25, -0.2) is 0 Å². The van der Waals surface area contributed by atoms with Crippen LogP contribution in [0.1, 0.15) is 32.7 Å². The largest absolute Gasteiger partial charge is 0.497 e. The van der Waals surface area contributed by atoms with Crippen molar-refractivity contribution >= 4 is 28.9 Å². The zero-order chi connectivity index (χ0) is 29.3. The molecule has 8 heteroatoms. The molecule has 8 nitrogen and oxygen atoms in total. The average Bonchev–Trinajstić information content (AvgIpc) is 3.26. The number of benzene rings is 4. The fraction of sp³-hybridized carbons (Fsp3) is 0.235. The minimum Gasteiger partial charge on any atom is -0.497 e. The molecule has 1 heterocycles. The number of methoxy groups -OCH3 is 1. The van der Waals surface area contributed by atoms with E-state index in [1.807, 2.05) is 54.6 Å². The van der Waals surface area contributed by atoms with Gasteiger partial charge in [-0.3, -0.25) is 9.59 Å². The molecule has 0 aliphatic carbocycles. The summed E-state index contributed by atoms with van der Waals surface area (Å²) in [4.78, 5) is 31.1. The van der Waals surface area contributed by atoms with Gasteiger partial charge in [0, 0.05) is 42.5 Å². The molecule has 0 atom stereocenters. The van der Waals surface area contributed by atoms with Gasteiger partial charge in [-0.1, -0.05) is 30.3 Å². The van der Waals surface area contributed by atoms with E-state index < -0.39 is 0 Å². The quantitative estimate of drug-likeness (QED) is 0.263. The van der Waals surface area contributed by atoms with Crippen LogP contribution in [0.15, 0.2) is 97.1 Å². The lowest BCUT2D eigenvalue weighted by Gasteiger charge is -2.23. The van der Waals surface area contributed by atoms with E-state index in [0.29, 0.717) is 40.6 Å². The number of carbonyl (C=O) groups excluding carboxylic acids is 2. The zero-order valence-corrected chi connectivity index (χ0v) is 24.0. The molecule has 4 aromatic carbocycles. The molecule has 0 aromatic heterocycles. The van der Waals surface area contributed by atoms with Crippen molar-refractivity contribution in [2.45, 2.75) is 13.0 Å². The molecule has 1 aliphatic heterocycles. The number of ether oxygens (including phenoxy) is 2. The molecule has 216 valence electrons. The van der Waals surface area contributed by atoms with Gasteiger partial charge in [-0.15, -0.1) is 0 Å². The second kappa shape index (κ2) is 13.7. The molecule has 2 N–H and O–H groups in total. The summed E-state index contributed by atoms with van der Waals surface area (Å²) in [5.74, 6) is 0.634. The van der Waals surface area contributed by atoms with Gasteiger partial charge in [-0.05, 0) is 86.2 Å². The highest BCUT2D eigenvalue weighted by Crippen LogP contribution is 2.29. The maximum atomic E-state index is 13.3. The van der Waals surface area contributed by atoms with Crippen molar-refractivity contribution in [3.63, 3.8) is 0 Å². The Kier molecular flexibility index (Phi) is 9.36. The van der Waals surface area contributed by atoms with Crippen LogP contribution in [-0.4, -0.2) is 57.1 Å². The minimum atomic E-state index is -0.319. The Morgan fingerprint density at radius 2 is 1.36 bits per heavy atom. The summed E-state index contributed by atoms with van der Waals surface area (Å²) in [5, 5.41) is 5.90. The van der Waals surface area contributed by atoms with Gasteiger partial charge in [0.05, 0.1) is 18.5 Å². The predicted molar refractivity (Wildman–Crippen MR) is 167 cm³/mol. The molecule has 5 rings (SSSR count). The summed E-state index contributed by atoms with van der Waals surface area (Å²) in [7, 11) is 3.72. The van der Waals surface area contributed by atoms with Crippen LogP contribution in [0.5, 0.6) is 11.5 Å². The van der Waals surface area contributed by atoms with Crippen LogP contribution in [0, 0.1) is 0 Å². The lowest BCUT2D eigenvalue weighted by molar-refractivity contribution is 0.101. The Morgan fingerprint density at radius 1 is 0.714 bits per heavy atom. The first-order valence-electron chi connectivity index (χ1n) is 14.1. The highest BCUT2D eigenvalue weighted by molar-refractivity contribution is 6.10. The van der Waals surface area contributed by atoms with Crippen molar-refractivity contribution in [3.05, 3.63) is 114 Å². The first kappa shape index (κ1) is 28.7. The molecule has 4 aromatic rings. The summed E-state index contributed by atoms with van der Waals surface area (Å²) in [6, 6.07) is 29.6. The van der Waals surface area contributed by atoms with E-state index in [9.17, 15) is 9.59 Å². The normalized spacial score (nSPS) is 13.6. The number of nitrogens with one attached hydrogen (secondary N) is 2. The van der Waals surface area contributed by atoms with Gasteiger partial charge in [0.2, 0.25) is 0 Å². The van der Waals surface area contributed by atoms with E-state index in [-0.39, 0.29) is 11.8 Å². The Labute approximate surface area is 246 Å². The first-order chi connectivity index (χ1) is 20.5. The smallest absolute Gasteiger partial charge is 0.255 e. The second-order valence-electron chi connectivity index (χ2n) is 10.3. The van der Waals surface area contributed by atoms with Crippen molar-refractivity contribution in [2.75, 3.05) is 55.9 Å². The van der Waals surface area contributed by atoms with Crippen LogP contribution >= 0.6 is 0 Å². The summed E-state index contributed by atoms with van der Waals surface area (Å²) < 4.78 is 11.2. The van der Waals surface area contributed by atoms with Crippen LogP contribution in [-0.2, 0) is 6.61 Å². The number of carbonyl (C=O) groups is 2. The van der Waals surface area contributed by atoms with Gasteiger partial charge in [-0.2, -0.15) is 0 Å². The topological polar surface area (TPSA) is 83.1 Å². The molecule has 1 saturated heterocycles. The number of nitrogens with zero attached hydrogens (tertiary/aromatic N) is 2. The highest BCUT2D eigenvalue weighted by Gasteiger charge is 2.16. The summed E-state index contributed by atoms with van der Waals surface area (Å²) >= 11 is 0. The van der Waals surface area contributed by atoms with Crippen molar-refractivity contribution in [1.82, 2.24) is 4.90 Å². The van der Waals surface area contributed by atoms with E-state index in [0.717, 1.165) is 43.9 Å². The number of hydrogen-bond acceptors (Lipinski definition) is 6. The van der Waals surface area contributed by atoms with Crippen LogP contribution in [0.25, 0.3) is 0 Å². The van der Waals surface area contributed by atoms with Crippen LogP contribution in [0.4, 0.5) is 17.1 Å². The molecule has 0 radical (unpaired) electrons. The van der Waals surface area contributed by atoms with Crippen LogP contribution in [0.3, 0.4) is 0 Å². The van der Waals surface area contributed by atoms with Crippen molar-refractivity contribution in [2.24, 2.45) is 0 Å². The highest BCUT2D eigenvalue weighted by atomic mass is 16.5. The lowest BCUT2D eigenvalue weighted by atomic mass is 10.1. The third-order valence-electron chi connectivity index (χ3n) is 7.30. The molecule has 1 aliphatic rings. The molecule has 42 heavy (non-hydrogen) atoms. The minimum absolute atomic E-state index is 0.268. The van der Waals surface area contributed by atoms with Gasteiger partial charge in [0.25, 0.3) is 11.8 Å². The van der Waals surface area contributed by atoms with Crippen LogP contribution < -0.4 is 25.0 Å². The lowest BCUT2D eigenvalue weighted by Crippen LogP contribution is -2.28. The van der Waals surface area contributed by atoms with E-state index in [1.54, 1.807) is 49.6 Å². The van der Waals surface area contributed by atoms with Gasteiger partial charge in [0.1, 0.15) is 18.1 Å². The van der Waals surface area contributed by atoms with Crippen molar-refractivity contribution in [1.29, 1.82) is 0 Å². The monoisotopic (exact) mass is 564 g/mol.